The van der Waals surface area contributed by atoms with Crippen molar-refractivity contribution in [2.45, 2.75) is 31.6 Å². The summed E-state index contributed by atoms with van der Waals surface area (Å²) in [4.78, 5) is 21.7. The first-order valence-electron chi connectivity index (χ1n) is 10.9. The van der Waals surface area contributed by atoms with Gasteiger partial charge in [-0.3, -0.25) is 4.79 Å². The van der Waals surface area contributed by atoms with E-state index >= 15 is 0 Å². The maximum absolute atomic E-state index is 13.0. The van der Waals surface area contributed by atoms with Crippen LogP contribution < -0.4 is 4.90 Å². The van der Waals surface area contributed by atoms with Crippen LogP contribution in [0.25, 0.3) is 11.4 Å². The second-order valence-electron chi connectivity index (χ2n) is 8.27. The Hall–Kier alpha value is -2.86. The van der Waals surface area contributed by atoms with E-state index in [1.54, 1.807) is 0 Å². The Morgan fingerprint density at radius 3 is 2.29 bits per heavy atom. The van der Waals surface area contributed by atoms with E-state index in [9.17, 15) is 4.79 Å². The van der Waals surface area contributed by atoms with Gasteiger partial charge in [0, 0.05) is 53.9 Å². The molecular weight excluding hydrogens is 412 g/mol. The van der Waals surface area contributed by atoms with Crippen molar-refractivity contribution in [1.29, 1.82) is 0 Å². The van der Waals surface area contributed by atoms with E-state index in [-0.39, 0.29) is 5.91 Å². The molecule has 0 bridgehead atoms. The first-order valence-corrected chi connectivity index (χ1v) is 11.3. The van der Waals surface area contributed by atoms with E-state index in [0.29, 0.717) is 30.4 Å². The minimum absolute atomic E-state index is 0.0575. The van der Waals surface area contributed by atoms with E-state index in [1.165, 1.54) is 12.8 Å². The van der Waals surface area contributed by atoms with Crippen LogP contribution in [0.4, 0.5) is 5.69 Å². The third kappa shape index (κ3) is 4.30. The monoisotopic (exact) mass is 436 g/mol. The summed E-state index contributed by atoms with van der Waals surface area (Å²) < 4.78 is 5.48. The molecule has 2 heterocycles. The number of carbonyl (C=O) groups excluding carboxylic acids is 1. The van der Waals surface area contributed by atoms with Gasteiger partial charge in [-0.15, -0.1) is 0 Å². The number of benzene rings is 2. The molecule has 1 amide bonds. The fourth-order valence-corrected chi connectivity index (χ4v) is 4.58. The average Bonchev–Trinajstić information content (AvgIpc) is 3.52. The fraction of sp³-hybridized carbons (Fsp3) is 0.375. The number of hydrogen-bond acceptors (Lipinski definition) is 5. The highest BCUT2D eigenvalue weighted by atomic mass is 35.5. The van der Waals surface area contributed by atoms with Gasteiger partial charge in [-0.05, 0) is 49.2 Å². The predicted octanol–water partition coefficient (Wildman–Crippen LogP) is 5.01. The van der Waals surface area contributed by atoms with Crippen LogP contribution in [-0.4, -0.2) is 47.1 Å². The van der Waals surface area contributed by atoms with E-state index in [2.05, 4.69) is 15.0 Å². The van der Waals surface area contributed by atoms with Crippen molar-refractivity contribution in [3.05, 3.63) is 65.0 Å². The maximum atomic E-state index is 13.0. The number of anilines is 1. The molecule has 31 heavy (non-hydrogen) atoms. The predicted molar refractivity (Wildman–Crippen MR) is 121 cm³/mol. The molecule has 0 unspecified atom stereocenters. The third-order valence-corrected chi connectivity index (χ3v) is 6.55. The van der Waals surface area contributed by atoms with Crippen molar-refractivity contribution in [2.75, 3.05) is 31.1 Å². The molecule has 0 atom stereocenters. The SMILES string of the molecule is O=C(c1ccc(-c2noc(C3CCCC3)n2)cc1)N1CCN(c2ccc(Cl)cc2)CC1. The lowest BCUT2D eigenvalue weighted by Gasteiger charge is -2.36. The molecule has 1 aliphatic heterocycles. The zero-order chi connectivity index (χ0) is 21.2. The van der Waals surface area contributed by atoms with Crippen LogP contribution in [0.15, 0.2) is 53.1 Å². The molecule has 1 aliphatic carbocycles. The van der Waals surface area contributed by atoms with Gasteiger partial charge in [-0.1, -0.05) is 41.7 Å². The zero-order valence-electron chi connectivity index (χ0n) is 17.3. The molecule has 0 N–H and O–H groups in total. The molecule has 3 aromatic rings. The average molecular weight is 437 g/mol. The highest BCUT2D eigenvalue weighted by Gasteiger charge is 2.24. The van der Waals surface area contributed by atoms with Gasteiger partial charge in [0.15, 0.2) is 0 Å². The smallest absolute Gasteiger partial charge is 0.253 e. The first kappa shape index (κ1) is 20.1. The lowest BCUT2D eigenvalue weighted by Crippen LogP contribution is -2.48. The Balaban J connectivity index is 1.21. The molecule has 0 radical (unpaired) electrons. The molecule has 160 valence electrons. The van der Waals surface area contributed by atoms with Crippen molar-refractivity contribution in [3.63, 3.8) is 0 Å². The number of piperazine rings is 1. The Bertz CT molecular complexity index is 1030. The second kappa shape index (κ2) is 8.71. The minimum Gasteiger partial charge on any atom is -0.368 e. The summed E-state index contributed by atoms with van der Waals surface area (Å²) in [7, 11) is 0. The molecule has 2 aromatic carbocycles. The normalized spacial score (nSPS) is 17.3. The number of nitrogens with zero attached hydrogens (tertiary/aromatic N) is 4. The van der Waals surface area contributed by atoms with Gasteiger partial charge >= 0.3 is 0 Å². The van der Waals surface area contributed by atoms with Gasteiger partial charge in [0.2, 0.25) is 11.7 Å². The number of halogens is 1. The largest absolute Gasteiger partial charge is 0.368 e. The van der Waals surface area contributed by atoms with Crippen molar-refractivity contribution in [1.82, 2.24) is 15.0 Å². The summed E-state index contributed by atoms with van der Waals surface area (Å²) in [6, 6.07) is 15.4. The van der Waals surface area contributed by atoms with E-state index in [0.717, 1.165) is 48.1 Å². The molecule has 5 rings (SSSR count). The Kier molecular flexibility index (Phi) is 5.64. The zero-order valence-corrected chi connectivity index (χ0v) is 18.1. The first-order chi connectivity index (χ1) is 15.2. The van der Waals surface area contributed by atoms with Crippen LogP contribution >= 0.6 is 11.6 Å². The van der Waals surface area contributed by atoms with Gasteiger partial charge in [0.05, 0.1) is 0 Å². The summed E-state index contributed by atoms with van der Waals surface area (Å²) in [6.45, 7) is 2.99. The molecule has 0 spiro atoms. The quantitative estimate of drug-likeness (QED) is 0.575. The van der Waals surface area contributed by atoms with Crippen molar-refractivity contribution in [3.8, 4) is 11.4 Å². The van der Waals surface area contributed by atoms with Crippen molar-refractivity contribution in [2.24, 2.45) is 0 Å². The molecule has 1 saturated heterocycles. The fourth-order valence-electron chi connectivity index (χ4n) is 4.46. The molecule has 7 heteroatoms. The number of rotatable bonds is 4. The van der Waals surface area contributed by atoms with Crippen LogP contribution in [-0.2, 0) is 0 Å². The summed E-state index contributed by atoms with van der Waals surface area (Å²) in [5, 5.41) is 4.88. The number of amides is 1. The van der Waals surface area contributed by atoms with E-state index in [4.69, 9.17) is 16.1 Å². The summed E-state index contributed by atoms with van der Waals surface area (Å²) in [5.41, 5.74) is 2.69. The van der Waals surface area contributed by atoms with Crippen LogP contribution in [0.5, 0.6) is 0 Å². The summed E-state index contributed by atoms with van der Waals surface area (Å²) in [5.74, 6) is 1.79. The Labute approximate surface area is 186 Å². The van der Waals surface area contributed by atoms with Crippen LogP contribution in [0.1, 0.15) is 47.8 Å². The Morgan fingerprint density at radius 1 is 0.935 bits per heavy atom. The molecule has 1 saturated carbocycles. The molecular formula is C24H25ClN4O2. The molecule has 6 nitrogen and oxygen atoms in total. The lowest BCUT2D eigenvalue weighted by molar-refractivity contribution is 0.0747. The minimum atomic E-state index is 0.0575. The van der Waals surface area contributed by atoms with Gasteiger partial charge in [0.25, 0.3) is 5.91 Å². The highest BCUT2D eigenvalue weighted by Crippen LogP contribution is 2.34. The Morgan fingerprint density at radius 2 is 1.61 bits per heavy atom. The van der Waals surface area contributed by atoms with Gasteiger partial charge < -0.3 is 14.3 Å². The number of hydrogen-bond donors (Lipinski definition) is 0. The highest BCUT2D eigenvalue weighted by molar-refractivity contribution is 6.30. The second-order valence-corrected chi connectivity index (χ2v) is 8.71. The molecule has 2 fully saturated rings. The third-order valence-electron chi connectivity index (χ3n) is 6.29. The van der Waals surface area contributed by atoms with Crippen molar-refractivity contribution >= 4 is 23.2 Å². The number of carbonyl (C=O) groups is 1. The topological polar surface area (TPSA) is 62.5 Å². The standard InChI is InChI=1S/C24H25ClN4O2/c25-20-9-11-21(12-10-20)28-13-15-29(16-14-28)24(30)19-7-5-17(6-8-19)22-26-23(31-27-22)18-3-1-2-4-18/h5-12,18H,1-4,13-16H2. The maximum Gasteiger partial charge on any atom is 0.253 e. The lowest BCUT2D eigenvalue weighted by atomic mass is 10.1. The molecule has 2 aliphatic rings. The van der Waals surface area contributed by atoms with Gasteiger partial charge in [-0.25, -0.2) is 0 Å². The summed E-state index contributed by atoms with van der Waals surface area (Å²) >= 11 is 5.98. The van der Waals surface area contributed by atoms with Crippen LogP contribution in [0, 0.1) is 0 Å². The van der Waals surface area contributed by atoms with Crippen LogP contribution in [0.3, 0.4) is 0 Å². The van der Waals surface area contributed by atoms with Gasteiger partial charge in [-0.2, -0.15) is 4.98 Å². The van der Waals surface area contributed by atoms with Crippen molar-refractivity contribution < 1.29 is 9.32 Å². The van der Waals surface area contributed by atoms with Gasteiger partial charge in [0.1, 0.15) is 0 Å². The van der Waals surface area contributed by atoms with E-state index < -0.39 is 0 Å². The van der Waals surface area contributed by atoms with E-state index in [1.807, 2.05) is 53.4 Å². The molecule has 1 aromatic heterocycles. The summed E-state index contributed by atoms with van der Waals surface area (Å²) in [6.07, 6.45) is 4.71. The van der Waals surface area contributed by atoms with Crippen LogP contribution in [0.2, 0.25) is 5.02 Å². The number of aromatic nitrogens is 2.